The Hall–Kier alpha value is -13.2. The average Bonchev–Trinajstić information content (AvgIpc) is 1.42. The van der Waals surface area contributed by atoms with Crippen LogP contribution in [-0.4, -0.2) is 33.2 Å². The fraction of sp³-hybridized carbons (Fsp3) is 0. The number of aromatic nitrogens is 7. The summed E-state index contributed by atoms with van der Waals surface area (Å²) < 4.78 is 9.08. The summed E-state index contributed by atoms with van der Waals surface area (Å²) in [5.74, 6) is 1.56. The maximum absolute atomic E-state index is 10.6. The minimum atomic E-state index is 0.478. The molecule has 6 aromatic heterocycles. The Labute approximate surface area is 514 Å². The van der Waals surface area contributed by atoms with Crippen LogP contribution in [0.15, 0.2) is 261 Å². The molecule has 17 aromatic rings. The van der Waals surface area contributed by atoms with Crippen molar-refractivity contribution in [3.05, 3.63) is 283 Å². The van der Waals surface area contributed by atoms with Crippen LogP contribution in [0.1, 0.15) is 22.3 Å². The Balaban J connectivity index is 1.18. The molecule has 0 spiro atoms. The van der Waals surface area contributed by atoms with Crippen molar-refractivity contribution in [3.63, 3.8) is 0 Å². The summed E-state index contributed by atoms with van der Waals surface area (Å²) in [6.07, 6.45) is 0. The van der Waals surface area contributed by atoms with Crippen LogP contribution in [0.3, 0.4) is 0 Å². The molecule has 0 aliphatic heterocycles. The number of rotatable bonds is 8. The lowest BCUT2D eigenvalue weighted by molar-refractivity contribution is 0.961. The minimum Gasteiger partial charge on any atom is -0.305 e. The topological polar surface area (TPSA) is 154 Å². The molecule has 11 heteroatoms. The molecule has 0 unspecified atom stereocenters. The molecule has 6 heterocycles. The first-order valence-corrected chi connectivity index (χ1v) is 29.4. The molecule has 0 saturated heterocycles. The van der Waals surface area contributed by atoms with Crippen LogP contribution in [0, 0.1) is 45.3 Å². The second-order valence-electron chi connectivity index (χ2n) is 22.4. The second-order valence-corrected chi connectivity index (χ2v) is 22.4. The smallest absolute Gasteiger partial charge is 0.165 e. The van der Waals surface area contributed by atoms with E-state index in [0.29, 0.717) is 51.1 Å². The molecule has 17 rings (SSSR count). The molecule has 0 N–H and O–H groups in total. The maximum Gasteiger partial charge on any atom is 0.165 e. The van der Waals surface area contributed by atoms with Gasteiger partial charge in [0.05, 0.1) is 102 Å². The highest BCUT2D eigenvalue weighted by Gasteiger charge is 2.34. The van der Waals surface area contributed by atoms with Crippen LogP contribution in [0.5, 0.6) is 0 Å². The normalized spacial score (nSPS) is 11.5. The summed E-state index contributed by atoms with van der Waals surface area (Å²) in [5, 5.41) is 49.5. The lowest BCUT2D eigenvalue weighted by atomic mass is 9.94. The molecule has 0 amide bonds. The number of para-hydroxylation sites is 4. The number of benzene rings is 11. The minimum absolute atomic E-state index is 0.478. The Bertz CT molecular complexity index is 5750. The van der Waals surface area contributed by atoms with Crippen molar-refractivity contribution >= 4 is 87.2 Å². The molecule has 0 bridgehead atoms. The quantitative estimate of drug-likeness (QED) is 0.147. The molecular weight excluding hydrogens is 1100 g/mol. The van der Waals surface area contributed by atoms with E-state index in [4.69, 9.17) is 15.0 Å². The zero-order valence-corrected chi connectivity index (χ0v) is 47.7. The van der Waals surface area contributed by atoms with E-state index >= 15 is 0 Å². The zero-order valence-electron chi connectivity index (χ0n) is 47.7. The van der Waals surface area contributed by atoms with E-state index in [-0.39, 0.29) is 0 Å². The molecule has 90 heavy (non-hydrogen) atoms. The highest BCUT2D eigenvalue weighted by Crippen LogP contribution is 2.51. The van der Waals surface area contributed by atoms with Crippen molar-refractivity contribution in [1.82, 2.24) is 33.2 Å². The van der Waals surface area contributed by atoms with Gasteiger partial charge in [-0.05, 0) is 109 Å². The van der Waals surface area contributed by atoms with Gasteiger partial charge in [-0.25, -0.2) is 15.0 Å². The van der Waals surface area contributed by atoms with Crippen LogP contribution in [0.4, 0.5) is 0 Å². The van der Waals surface area contributed by atoms with Gasteiger partial charge in [-0.2, -0.15) is 21.0 Å². The first-order chi connectivity index (χ1) is 44.5. The fourth-order valence-electron chi connectivity index (χ4n) is 13.6. The van der Waals surface area contributed by atoms with Gasteiger partial charge in [0.1, 0.15) is 11.4 Å². The number of nitriles is 4. The first kappa shape index (κ1) is 51.2. The lowest BCUT2D eigenvalue weighted by Gasteiger charge is -2.27. The first-order valence-electron chi connectivity index (χ1n) is 29.4. The van der Waals surface area contributed by atoms with Crippen molar-refractivity contribution < 1.29 is 0 Å². The number of pyridine rings is 1. The molecule has 11 aromatic carbocycles. The van der Waals surface area contributed by atoms with Gasteiger partial charge in [0, 0.05) is 65.3 Å². The van der Waals surface area contributed by atoms with E-state index in [1.54, 1.807) is 0 Å². The van der Waals surface area contributed by atoms with Crippen molar-refractivity contribution in [1.29, 1.82) is 21.0 Å². The number of fused-ring (bicyclic) bond motifs is 12. The predicted octanol–water partition coefficient (Wildman–Crippen LogP) is 18.4. The third-order valence-electron chi connectivity index (χ3n) is 17.5. The standard InChI is InChI=1S/C79H43N11/c80-44-48-31-35-70-60(39-48)54-21-9-13-27-66(54)87(70)75-74(58-25-7-8-26-59(58)77-84-64(52-17-3-1-4-18-52)43-65(85-77)53-19-5-2-6-20-53)76(88-67-28-14-10-22-55(67)61-40-49(45-81)32-36-71(61)88)79(90-69-30-16-12-24-57(69)63-42-51(47-83)34-38-73(63)90)86-78(75)89-68-29-15-11-23-56(68)62-41-50(46-82)33-37-72(62)89/h1-43H. The highest BCUT2D eigenvalue weighted by atomic mass is 15.2. The zero-order chi connectivity index (χ0) is 60.1. The summed E-state index contributed by atoms with van der Waals surface area (Å²) in [6.45, 7) is 0. The van der Waals surface area contributed by atoms with Crippen LogP contribution in [-0.2, 0) is 0 Å². The molecule has 0 aliphatic carbocycles. The summed E-state index contributed by atoms with van der Waals surface area (Å²) in [4.78, 5) is 17.5. The van der Waals surface area contributed by atoms with Gasteiger partial charge in [0.2, 0.25) is 0 Å². The third kappa shape index (κ3) is 7.72. The van der Waals surface area contributed by atoms with Gasteiger partial charge in [-0.3, -0.25) is 9.13 Å². The van der Waals surface area contributed by atoms with E-state index in [0.717, 1.165) is 126 Å². The fourth-order valence-corrected chi connectivity index (χ4v) is 13.6. The van der Waals surface area contributed by atoms with Crippen molar-refractivity contribution in [3.8, 4) is 92.3 Å². The van der Waals surface area contributed by atoms with E-state index in [1.165, 1.54) is 0 Å². The average molecular weight is 1150 g/mol. The van der Waals surface area contributed by atoms with E-state index in [9.17, 15) is 21.0 Å². The van der Waals surface area contributed by atoms with Crippen molar-refractivity contribution in [2.45, 2.75) is 0 Å². The number of nitrogens with zero attached hydrogens (tertiary/aromatic N) is 11. The summed E-state index contributed by atoms with van der Waals surface area (Å²) >= 11 is 0. The number of hydrogen-bond donors (Lipinski definition) is 0. The van der Waals surface area contributed by atoms with Crippen LogP contribution in [0.25, 0.3) is 155 Å². The van der Waals surface area contributed by atoms with Gasteiger partial charge in [-0.1, -0.05) is 158 Å². The Morgan fingerprint density at radius 1 is 0.256 bits per heavy atom. The number of hydrogen-bond acceptors (Lipinski definition) is 7. The third-order valence-corrected chi connectivity index (χ3v) is 17.5. The van der Waals surface area contributed by atoms with Crippen LogP contribution >= 0.6 is 0 Å². The van der Waals surface area contributed by atoms with Gasteiger partial charge in [0.15, 0.2) is 17.5 Å². The predicted molar refractivity (Wildman–Crippen MR) is 358 cm³/mol. The van der Waals surface area contributed by atoms with E-state index < -0.39 is 0 Å². The van der Waals surface area contributed by atoms with Crippen molar-refractivity contribution in [2.75, 3.05) is 0 Å². The van der Waals surface area contributed by atoms with E-state index in [2.05, 4.69) is 140 Å². The van der Waals surface area contributed by atoms with Crippen LogP contribution in [0.2, 0.25) is 0 Å². The lowest BCUT2D eigenvalue weighted by Crippen LogP contribution is -2.16. The van der Waals surface area contributed by atoms with Crippen molar-refractivity contribution in [2.24, 2.45) is 0 Å². The monoisotopic (exact) mass is 1150 g/mol. The molecular formula is C79H43N11. The Morgan fingerprint density at radius 3 is 0.922 bits per heavy atom. The van der Waals surface area contributed by atoms with Gasteiger partial charge in [-0.15, -0.1) is 0 Å². The molecule has 0 fully saturated rings. The summed E-state index contributed by atoms with van der Waals surface area (Å²) in [6, 6.07) is 97.1. The molecule has 0 atom stereocenters. The highest BCUT2D eigenvalue weighted by molar-refractivity contribution is 6.16. The maximum atomic E-state index is 10.6. The molecule has 414 valence electrons. The van der Waals surface area contributed by atoms with E-state index in [1.807, 2.05) is 164 Å². The molecule has 0 radical (unpaired) electrons. The molecule has 0 aliphatic rings. The Morgan fingerprint density at radius 2 is 0.556 bits per heavy atom. The SMILES string of the molecule is N#Cc1ccc2c(c1)c1ccccc1n2-c1nc(-n2c3ccccc3c3cc(C#N)ccc32)c(-n2c3ccccc3c3cc(C#N)ccc32)c(-c2ccccc2-c2nc(-c3ccccc3)cc(-c3ccccc3)n2)c1-n1c2ccccc2c2cc(C#N)ccc21. The van der Waals surface area contributed by atoms with Gasteiger partial charge >= 0.3 is 0 Å². The molecule has 11 nitrogen and oxygen atoms in total. The van der Waals surface area contributed by atoms with Gasteiger partial charge in [0.25, 0.3) is 0 Å². The Kier molecular flexibility index (Phi) is 11.5. The molecule has 0 saturated carbocycles. The summed E-state index contributed by atoms with van der Waals surface area (Å²) in [5.41, 5.74) is 15.6. The largest absolute Gasteiger partial charge is 0.305 e. The second kappa shape index (κ2) is 20.2. The summed E-state index contributed by atoms with van der Waals surface area (Å²) in [7, 11) is 0. The van der Waals surface area contributed by atoms with Gasteiger partial charge < -0.3 is 9.13 Å². The van der Waals surface area contributed by atoms with Crippen LogP contribution < -0.4 is 0 Å².